The molecule has 1 nitrogen and oxygen atoms in total. The van der Waals surface area contributed by atoms with E-state index in [9.17, 15) is 0 Å². The van der Waals surface area contributed by atoms with Gasteiger partial charge in [-0.15, -0.1) is 0 Å². The number of hydrogen-bond acceptors (Lipinski definition) is 1. The summed E-state index contributed by atoms with van der Waals surface area (Å²) in [6.45, 7) is 22.5. The van der Waals surface area contributed by atoms with Gasteiger partial charge in [-0.25, -0.2) is 0 Å². The minimum Gasteiger partial charge on any atom is -0.456 e. The van der Waals surface area contributed by atoms with Crippen LogP contribution in [0, 0.1) is 27.7 Å². The summed E-state index contributed by atoms with van der Waals surface area (Å²) in [5.41, 5.74) is 17.4. The Morgan fingerprint density at radius 2 is 1.33 bits per heavy atom. The van der Waals surface area contributed by atoms with Crippen molar-refractivity contribution >= 4 is 34.3 Å². The molecule has 0 bridgehead atoms. The number of fused-ring (bicyclic) bond motifs is 2. The van der Waals surface area contributed by atoms with Crippen LogP contribution in [0.15, 0.2) is 187 Å². The Balaban J connectivity index is 0.000000214. The molecule has 1 heteroatoms. The van der Waals surface area contributed by atoms with Crippen molar-refractivity contribution in [2.75, 3.05) is 0 Å². The van der Waals surface area contributed by atoms with E-state index in [4.69, 9.17) is 4.42 Å². The van der Waals surface area contributed by atoms with E-state index in [0.717, 1.165) is 23.8 Å². The Bertz CT molecular complexity index is 2710. The highest BCUT2D eigenvalue weighted by molar-refractivity contribution is 5.84. The Kier molecular flexibility index (Phi) is 16.6. The first-order valence-corrected chi connectivity index (χ1v) is 21.9. The summed E-state index contributed by atoms with van der Waals surface area (Å²) < 4.78 is 6.61. The van der Waals surface area contributed by atoms with E-state index < -0.39 is 0 Å². The summed E-state index contributed by atoms with van der Waals surface area (Å²) in [4.78, 5) is 0. The van der Waals surface area contributed by atoms with Crippen LogP contribution in [0.2, 0.25) is 0 Å². The lowest BCUT2D eigenvalue weighted by molar-refractivity contribution is 0.566. The van der Waals surface area contributed by atoms with Gasteiger partial charge in [0, 0.05) is 21.6 Å². The third kappa shape index (κ3) is 10.5. The van der Waals surface area contributed by atoms with Crippen molar-refractivity contribution in [3.05, 3.63) is 249 Å². The first kappa shape index (κ1) is 45.6. The second-order valence-corrected chi connectivity index (χ2v) is 15.3. The van der Waals surface area contributed by atoms with Gasteiger partial charge in [0.2, 0.25) is 0 Å². The molecule has 0 N–H and O–H groups in total. The highest BCUT2D eigenvalue weighted by Gasteiger charge is 2.44. The van der Waals surface area contributed by atoms with Gasteiger partial charge in [-0.2, -0.15) is 0 Å². The fourth-order valence-corrected chi connectivity index (χ4v) is 8.32. The second-order valence-electron chi connectivity index (χ2n) is 15.3. The number of para-hydroxylation sites is 1. The van der Waals surface area contributed by atoms with Gasteiger partial charge < -0.3 is 4.42 Å². The fourth-order valence-electron chi connectivity index (χ4n) is 8.32. The van der Waals surface area contributed by atoms with Crippen LogP contribution in [0.3, 0.4) is 0 Å². The van der Waals surface area contributed by atoms with Gasteiger partial charge >= 0.3 is 0 Å². The number of rotatable bonds is 7. The number of benzene rings is 6. The summed E-state index contributed by atoms with van der Waals surface area (Å²) in [6.07, 6.45) is 16.3. The van der Waals surface area contributed by atoms with E-state index in [1.165, 1.54) is 77.4 Å². The van der Waals surface area contributed by atoms with Crippen LogP contribution < -0.4 is 10.6 Å². The van der Waals surface area contributed by atoms with Crippen LogP contribution in [0.5, 0.6) is 0 Å². The second kappa shape index (κ2) is 22.2. The van der Waals surface area contributed by atoms with E-state index >= 15 is 0 Å². The molecule has 0 fully saturated rings. The molecule has 0 radical (unpaired) electrons. The van der Waals surface area contributed by atoms with Gasteiger partial charge in [0.05, 0.1) is 0 Å². The Labute approximate surface area is 366 Å². The van der Waals surface area contributed by atoms with Gasteiger partial charge in [0.1, 0.15) is 11.0 Å². The molecule has 310 valence electrons. The number of hydrogen-bond donors (Lipinski definition) is 0. The minimum atomic E-state index is -0.262. The maximum Gasteiger partial charge on any atom is 0.138 e. The molecule has 1 heterocycles. The zero-order valence-electron chi connectivity index (χ0n) is 37.9. The zero-order chi connectivity index (χ0) is 43.8. The third-order valence-corrected chi connectivity index (χ3v) is 11.2. The molecule has 1 atom stereocenters. The molecule has 61 heavy (non-hydrogen) atoms. The van der Waals surface area contributed by atoms with E-state index in [1.807, 2.05) is 33.8 Å². The monoisotopic (exact) mass is 800 g/mol. The predicted octanol–water partition coefficient (Wildman–Crippen LogP) is 15.4. The summed E-state index contributed by atoms with van der Waals surface area (Å²) in [7, 11) is 0. The molecule has 6 aromatic carbocycles. The number of furan rings is 1. The molecular formula is C60H64O. The number of allylic oxidation sites excluding steroid dienone is 6. The normalized spacial score (nSPS) is 15.7. The Morgan fingerprint density at radius 3 is 1.98 bits per heavy atom. The Morgan fingerprint density at radius 1 is 0.689 bits per heavy atom. The maximum atomic E-state index is 6.61. The standard InChI is InChI=1S/C33H28O.C14H16.C11H14.C2H6/c1-3-12-28-27-18-8-10-20-31(27)34-32(28)29-22-33(24-14-5-4-6-15-24,25-16-11-13-23(2)21-25)30-19-9-7-17-26(29)30;1-4-6-7-13(5-2)14-10-8-12(3)9-11-14;1-4-6-11-9(2)7-5-8-10(11)3;1-2/h4-21H,3,22H2,1-2H3;4-11H,1H2,2-3H3;4-8H,1-3H3;1-2H3/b28-12-,32-29-;7-6-,13-5+;6-4-;. The van der Waals surface area contributed by atoms with Crippen molar-refractivity contribution in [1.82, 2.24) is 0 Å². The molecular weight excluding hydrogens is 737 g/mol. The highest BCUT2D eigenvalue weighted by atomic mass is 16.3. The zero-order valence-corrected chi connectivity index (χ0v) is 37.9. The van der Waals surface area contributed by atoms with Crippen molar-refractivity contribution < 1.29 is 4.42 Å². The topological polar surface area (TPSA) is 13.1 Å². The minimum absolute atomic E-state index is 0.262. The highest BCUT2D eigenvalue weighted by Crippen LogP contribution is 2.52. The van der Waals surface area contributed by atoms with Crippen LogP contribution >= 0.6 is 0 Å². The quantitative estimate of drug-likeness (QED) is 0.146. The molecule has 0 saturated carbocycles. The first-order valence-electron chi connectivity index (χ1n) is 21.9. The lowest BCUT2D eigenvalue weighted by atomic mass is 9.70. The van der Waals surface area contributed by atoms with Gasteiger partial charge in [0.15, 0.2) is 0 Å². The Hall–Kier alpha value is -6.44. The van der Waals surface area contributed by atoms with Gasteiger partial charge in [0.25, 0.3) is 0 Å². The molecule has 0 aliphatic heterocycles. The summed E-state index contributed by atoms with van der Waals surface area (Å²) in [6, 6.07) is 52.2. The van der Waals surface area contributed by atoms with E-state index in [1.54, 1.807) is 6.08 Å². The predicted molar refractivity (Wildman–Crippen MR) is 267 cm³/mol. The smallest absolute Gasteiger partial charge is 0.138 e. The molecule has 1 aliphatic carbocycles. The molecule has 1 unspecified atom stereocenters. The van der Waals surface area contributed by atoms with Gasteiger partial charge in [-0.05, 0) is 111 Å². The van der Waals surface area contributed by atoms with E-state index in [2.05, 4.69) is 217 Å². The molecule has 0 spiro atoms. The van der Waals surface area contributed by atoms with Crippen molar-refractivity contribution in [3.63, 3.8) is 0 Å². The van der Waals surface area contributed by atoms with E-state index in [0.29, 0.717) is 0 Å². The third-order valence-electron chi connectivity index (χ3n) is 11.2. The molecule has 0 saturated heterocycles. The first-order chi connectivity index (χ1) is 29.7. The van der Waals surface area contributed by atoms with Gasteiger partial charge in [-0.1, -0.05) is 221 Å². The van der Waals surface area contributed by atoms with E-state index in [-0.39, 0.29) is 5.41 Å². The van der Waals surface area contributed by atoms with Crippen molar-refractivity contribution in [2.24, 2.45) is 0 Å². The SMILES string of the molecule is C/C=C\c1c(C)cccc1C.C=C/C=C\C(=C/C)c1ccc(C)cc1.CC.CC/C=c1\c(=C2/CC(c3ccccc3)(c3cccc(C)c3)c3ccccc32)oc2ccccc12. The van der Waals surface area contributed by atoms with Crippen LogP contribution in [0.4, 0.5) is 0 Å². The number of aryl methyl sites for hydroxylation is 4. The molecule has 1 aromatic heterocycles. The van der Waals surface area contributed by atoms with Gasteiger partial charge in [-0.3, -0.25) is 0 Å². The average molecular weight is 801 g/mol. The molecule has 0 amide bonds. The summed E-state index contributed by atoms with van der Waals surface area (Å²) in [5.74, 6) is 0. The van der Waals surface area contributed by atoms with Crippen molar-refractivity contribution in [3.8, 4) is 0 Å². The summed E-state index contributed by atoms with van der Waals surface area (Å²) >= 11 is 0. The lowest BCUT2D eigenvalue weighted by Gasteiger charge is -2.32. The van der Waals surface area contributed by atoms with Crippen molar-refractivity contribution in [2.45, 2.75) is 80.6 Å². The van der Waals surface area contributed by atoms with Crippen LogP contribution in [-0.4, -0.2) is 0 Å². The maximum absolute atomic E-state index is 6.61. The molecule has 8 rings (SSSR count). The van der Waals surface area contributed by atoms with Crippen LogP contribution in [0.25, 0.3) is 34.3 Å². The fraction of sp³-hybridized carbons (Fsp3) is 0.200. The summed E-state index contributed by atoms with van der Waals surface area (Å²) in [5, 5.41) is 2.41. The van der Waals surface area contributed by atoms with Crippen LogP contribution in [-0.2, 0) is 5.41 Å². The molecule has 1 aliphatic rings. The van der Waals surface area contributed by atoms with Crippen molar-refractivity contribution in [1.29, 1.82) is 0 Å². The molecule has 7 aromatic rings. The largest absolute Gasteiger partial charge is 0.456 e. The lowest BCUT2D eigenvalue weighted by Crippen LogP contribution is -2.28. The van der Waals surface area contributed by atoms with Crippen LogP contribution in [0.1, 0.15) is 103 Å². The average Bonchev–Trinajstić information content (AvgIpc) is 3.84.